The molecule has 14 heteroatoms. The van der Waals surface area contributed by atoms with E-state index in [9.17, 15) is 24.3 Å². The van der Waals surface area contributed by atoms with Crippen LogP contribution in [0.3, 0.4) is 0 Å². The highest BCUT2D eigenvalue weighted by Crippen LogP contribution is 2.40. The lowest BCUT2D eigenvalue weighted by Crippen LogP contribution is -2.71. The van der Waals surface area contributed by atoms with Crippen LogP contribution in [0.5, 0.6) is 0 Å². The van der Waals surface area contributed by atoms with Gasteiger partial charge in [0, 0.05) is 23.6 Å². The van der Waals surface area contributed by atoms with Crippen LogP contribution in [-0.2, 0) is 28.8 Å². The van der Waals surface area contributed by atoms with Crippen LogP contribution < -0.4 is 11.1 Å². The van der Waals surface area contributed by atoms with Crippen molar-refractivity contribution >= 4 is 57.7 Å². The number of carbonyl (C=O) groups is 4. The second-order valence-corrected chi connectivity index (χ2v) is 8.00. The van der Waals surface area contributed by atoms with Gasteiger partial charge in [-0.2, -0.15) is 0 Å². The monoisotopic (exact) mass is 458 g/mol. The maximum absolute atomic E-state index is 12.8. The third-order valence-electron chi connectivity index (χ3n) is 4.10. The highest BCUT2D eigenvalue weighted by atomic mass is 32.2. The number of aliphatic carboxylic acids is 1. The van der Waals surface area contributed by atoms with Crippen LogP contribution >= 0.6 is 23.1 Å². The lowest BCUT2D eigenvalue weighted by Gasteiger charge is -2.49. The molecule has 0 unspecified atom stereocenters. The number of nitrogens with two attached hydrogens (primary N) is 1. The van der Waals surface area contributed by atoms with Crippen molar-refractivity contribution in [3.63, 3.8) is 0 Å². The number of aromatic nitrogens is 1. The molecular formula is C16H17N5O7S2. The van der Waals surface area contributed by atoms with E-state index in [4.69, 9.17) is 14.6 Å². The number of rotatable bonds is 7. The quantitative estimate of drug-likeness (QED) is 0.207. The van der Waals surface area contributed by atoms with Crippen molar-refractivity contribution in [2.24, 2.45) is 5.16 Å². The molecule has 2 aliphatic rings. The smallest absolute Gasteiger partial charge is 0.352 e. The highest BCUT2D eigenvalue weighted by molar-refractivity contribution is 8.00. The van der Waals surface area contributed by atoms with Gasteiger partial charge >= 0.3 is 11.9 Å². The number of carboxylic acids is 1. The van der Waals surface area contributed by atoms with E-state index in [1.807, 2.05) is 0 Å². The largest absolute Gasteiger partial charge is 0.477 e. The normalized spacial score (nSPS) is 22.8. The van der Waals surface area contributed by atoms with Crippen LogP contribution in [0.2, 0.25) is 0 Å². The van der Waals surface area contributed by atoms with Crippen molar-refractivity contribution in [3.05, 3.63) is 22.3 Å². The fraction of sp³-hybridized carbons (Fsp3) is 0.375. The maximum atomic E-state index is 12.8. The zero-order chi connectivity index (χ0) is 24.5. The van der Waals surface area contributed by atoms with Gasteiger partial charge < -0.3 is 25.7 Å². The predicted octanol–water partition coefficient (Wildman–Crippen LogP) is -0.622. The number of amides is 2. The molecule has 0 radical (unpaired) electrons. The van der Waals surface area contributed by atoms with Crippen molar-refractivity contribution in [2.45, 2.75) is 18.3 Å². The molecule has 30 heavy (non-hydrogen) atoms. The minimum absolute atomic E-state index is 0.0611. The van der Waals surface area contributed by atoms with Gasteiger partial charge in [0.25, 0.3) is 11.8 Å². The topological polar surface area (TPSA) is 174 Å². The summed E-state index contributed by atoms with van der Waals surface area (Å²) in [5.41, 5.74) is 4.90. The molecule has 4 N–H and O–H groups in total. The summed E-state index contributed by atoms with van der Waals surface area (Å²) in [5.74, 6) is -3.52. The number of carboxylic acid groups (broad SMARTS) is 1. The molecule has 1 fully saturated rings. The van der Waals surface area contributed by atoms with Gasteiger partial charge in [-0.1, -0.05) is 5.16 Å². The van der Waals surface area contributed by atoms with E-state index in [0.717, 1.165) is 28.0 Å². The number of hydrogen-bond acceptors (Lipinski definition) is 11. The molecule has 3 rings (SSSR count). The first-order valence-corrected chi connectivity index (χ1v) is 10.1. The third-order valence-corrected chi connectivity index (χ3v) is 6.12. The van der Waals surface area contributed by atoms with Gasteiger partial charge in [-0.25, -0.2) is 9.78 Å². The van der Waals surface area contributed by atoms with E-state index in [1.54, 1.807) is 0 Å². The van der Waals surface area contributed by atoms with E-state index >= 15 is 0 Å². The molecule has 0 bridgehead atoms. The lowest BCUT2D eigenvalue weighted by atomic mass is 10.0. The molecule has 1 aromatic rings. The van der Waals surface area contributed by atoms with Crippen LogP contribution in [0.1, 0.15) is 16.7 Å². The zero-order valence-electron chi connectivity index (χ0n) is 18.3. The number of nitrogens with zero attached hydrogens (tertiary/aromatic N) is 3. The predicted molar refractivity (Wildman–Crippen MR) is 106 cm³/mol. The number of ether oxygens (including phenoxy) is 1. The summed E-state index contributed by atoms with van der Waals surface area (Å²) in [5, 5.41) is 16.0. The van der Waals surface area contributed by atoms with Crippen molar-refractivity contribution in [2.75, 3.05) is 25.1 Å². The standard InChI is InChI=1S/C16H17N5O7S2/c1-6(22)28-3-7-4-29-14-10(13(24)21(14)11(7)15(25)26)19-12(23)9(20-27-2)8-5-30-16(17)18-8/h5,10,14H,3-4H2,1-2H3,(H2,17,18)(H,19,23)(H,25,26)/b20-9-/t10-,14-/m0/s1/i2D3. The Morgan fingerprint density at radius 2 is 2.30 bits per heavy atom. The average molecular weight is 458 g/mol. The van der Waals surface area contributed by atoms with E-state index in [-0.39, 0.29) is 34.5 Å². The molecule has 0 aromatic carbocycles. The number of anilines is 1. The number of hydrogen-bond donors (Lipinski definition) is 3. The molecule has 0 aliphatic carbocycles. The van der Waals surface area contributed by atoms with Crippen LogP contribution in [0, 0.1) is 0 Å². The van der Waals surface area contributed by atoms with Crippen LogP contribution in [0.25, 0.3) is 0 Å². The number of fused-ring (bicyclic) bond motifs is 1. The van der Waals surface area contributed by atoms with Crippen molar-refractivity contribution in [1.29, 1.82) is 0 Å². The number of thiazole rings is 1. The summed E-state index contributed by atoms with van der Waals surface area (Å²) in [7, 11) is -2.94. The number of β-lactam (4-membered cyclic amide) rings is 1. The minimum Gasteiger partial charge on any atom is -0.477 e. The Morgan fingerprint density at radius 3 is 2.90 bits per heavy atom. The molecule has 1 aromatic heterocycles. The Hall–Kier alpha value is -3.13. The molecule has 2 atom stereocenters. The van der Waals surface area contributed by atoms with Gasteiger partial charge in [0.2, 0.25) is 0 Å². The molecule has 0 spiro atoms. The molecule has 2 amide bonds. The first kappa shape index (κ1) is 17.7. The van der Waals surface area contributed by atoms with Gasteiger partial charge in [-0.15, -0.1) is 23.1 Å². The molecule has 3 heterocycles. The summed E-state index contributed by atoms with van der Waals surface area (Å²) in [6.45, 7) is 0.886. The summed E-state index contributed by atoms with van der Waals surface area (Å²) in [4.78, 5) is 57.6. The maximum Gasteiger partial charge on any atom is 0.352 e. The average Bonchev–Trinajstić information content (AvgIpc) is 3.14. The van der Waals surface area contributed by atoms with Crippen LogP contribution in [0.4, 0.5) is 5.13 Å². The number of esters is 1. The number of oxime groups is 1. The Kier molecular flexibility index (Phi) is 5.14. The molecule has 1 saturated heterocycles. The fourth-order valence-electron chi connectivity index (χ4n) is 2.84. The van der Waals surface area contributed by atoms with Gasteiger partial charge in [0.15, 0.2) is 10.8 Å². The van der Waals surface area contributed by atoms with E-state index in [1.165, 1.54) is 12.3 Å². The summed E-state index contributed by atoms with van der Waals surface area (Å²) in [6.07, 6.45) is 0. The van der Waals surface area contributed by atoms with Gasteiger partial charge in [0.05, 0.1) is 4.11 Å². The first-order chi connectivity index (χ1) is 15.4. The van der Waals surface area contributed by atoms with Gasteiger partial charge in [-0.3, -0.25) is 19.3 Å². The van der Waals surface area contributed by atoms with E-state index in [2.05, 4.69) is 20.3 Å². The first-order valence-electron chi connectivity index (χ1n) is 9.71. The molecule has 12 nitrogen and oxygen atoms in total. The van der Waals surface area contributed by atoms with E-state index in [0.29, 0.717) is 0 Å². The fourth-order valence-corrected chi connectivity index (χ4v) is 4.71. The van der Waals surface area contributed by atoms with Crippen molar-refractivity contribution in [1.82, 2.24) is 15.2 Å². The van der Waals surface area contributed by atoms with Crippen molar-refractivity contribution in [3.8, 4) is 0 Å². The second-order valence-electron chi connectivity index (χ2n) is 6.00. The summed E-state index contributed by atoms with van der Waals surface area (Å²) in [6, 6.07) is -1.12. The van der Waals surface area contributed by atoms with Crippen LogP contribution in [-0.4, -0.2) is 75.3 Å². The minimum atomic E-state index is -2.94. The Bertz CT molecular complexity index is 1070. The summed E-state index contributed by atoms with van der Waals surface area (Å²) >= 11 is 2.13. The van der Waals surface area contributed by atoms with Crippen LogP contribution in [0.15, 0.2) is 21.8 Å². The SMILES string of the molecule is [2H]C([2H])([2H])O/N=C(\C(=O)N[C@H]1C(=O)N2C(C(=O)O)=C(COC(C)=O)CS[C@@H]12)c1csc(N)n1. The highest BCUT2D eigenvalue weighted by Gasteiger charge is 2.54. The lowest BCUT2D eigenvalue weighted by molar-refractivity contribution is -0.150. The van der Waals surface area contributed by atoms with E-state index < -0.39 is 47.9 Å². The molecule has 2 aliphatic heterocycles. The Balaban J connectivity index is 1.80. The number of nitrogens with one attached hydrogen (secondary N) is 1. The van der Waals surface area contributed by atoms with Gasteiger partial charge in [0.1, 0.15) is 36.5 Å². The second kappa shape index (κ2) is 8.71. The number of nitrogen functional groups attached to an aromatic ring is 1. The Morgan fingerprint density at radius 1 is 1.53 bits per heavy atom. The van der Waals surface area contributed by atoms with Crippen molar-refractivity contribution < 1.29 is 38.0 Å². The number of thioether (sulfide) groups is 1. The summed E-state index contributed by atoms with van der Waals surface area (Å²) < 4.78 is 26.1. The molecule has 160 valence electrons. The molecule has 0 saturated carbocycles. The number of carbonyl (C=O) groups excluding carboxylic acids is 3. The van der Waals surface area contributed by atoms with Gasteiger partial charge in [-0.05, 0) is 0 Å². The zero-order valence-corrected chi connectivity index (χ0v) is 16.9. The Labute approximate surface area is 182 Å². The third kappa shape index (κ3) is 4.09. The molecular weight excluding hydrogens is 438 g/mol.